The number of hydrogen-bond acceptors (Lipinski definition) is 4. The van der Waals surface area contributed by atoms with Gasteiger partial charge in [0, 0.05) is 19.6 Å². The molecule has 0 bridgehead atoms. The van der Waals surface area contributed by atoms with Crippen molar-refractivity contribution < 1.29 is 13.2 Å². The van der Waals surface area contributed by atoms with Gasteiger partial charge in [0.05, 0.1) is 0 Å². The third-order valence-corrected chi connectivity index (χ3v) is 7.80. The summed E-state index contributed by atoms with van der Waals surface area (Å²) in [5.74, 6) is 0.491. The smallest absolute Gasteiger partial charge is 0.253 e. The third-order valence-electron chi connectivity index (χ3n) is 4.52. The Labute approximate surface area is 136 Å². The van der Waals surface area contributed by atoms with E-state index in [0.717, 1.165) is 32.4 Å². The average Bonchev–Trinajstić information content (AvgIpc) is 3.18. The van der Waals surface area contributed by atoms with Crippen LogP contribution in [0, 0.1) is 5.92 Å². The van der Waals surface area contributed by atoms with Gasteiger partial charge in [-0.15, -0.1) is 11.3 Å². The van der Waals surface area contributed by atoms with Crippen LogP contribution in [-0.2, 0) is 14.8 Å². The first kappa shape index (κ1) is 16.0. The van der Waals surface area contributed by atoms with Crippen LogP contribution < -0.4 is 0 Å². The van der Waals surface area contributed by atoms with E-state index in [1.807, 2.05) is 4.90 Å². The molecule has 0 N–H and O–H groups in total. The van der Waals surface area contributed by atoms with Crippen molar-refractivity contribution in [1.29, 1.82) is 0 Å². The first-order valence-corrected chi connectivity index (χ1v) is 10.2. The Morgan fingerprint density at radius 2 is 2.05 bits per heavy atom. The van der Waals surface area contributed by atoms with Crippen LogP contribution in [0.15, 0.2) is 21.7 Å². The summed E-state index contributed by atoms with van der Waals surface area (Å²) in [7, 11) is -3.54. The van der Waals surface area contributed by atoms with Gasteiger partial charge in [-0.2, -0.15) is 4.31 Å². The van der Waals surface area contributed by atoms with Gasteiger partial charge in [-0.3, -0.25) is 4.79 Å². The van der Waals surface area contributed by atoms with Gasteiger partial charge in [0.2, 0.25) is 5.91 Å². The lowest BCUT2D eigenvalue weighted by Gasteiger charge is -2.34. The van der Waals surface area contributed by atoms with Gasteiger partial charge in [0.15, 0.2) is 0 Å². The lowest BCUT2D eigenvalue weighted by atomic mass is 9.99. The molecule has 2 fully saturated rings. The lowest BCUT2D eigenvalue weighted by molar-refractivity contribution is -0.136. The largest absolute Gasteiger partial charge is 0.341 e. The second-order valence-electron chi connectivity index (χ2n) is 6.24. The number of carbonyl (C=O) groups excluding carboxylic acids is 1. The fourth-order valence-corrected chi connectivity index (χ4v) is 6.17. The van der Waals surface area contributed by atoms with Gasteiger partial charge in [-0.25, -0.2) is 8.42 Å². The standard InChI is InChI=1S/C15H22N2O3S2/c1-12-5-2-8-16(11-12)15(18)13-6-3-9-17(13)22(19,20)14-7-4-10-21-14/h4,7,10,12-13H,2-3,5-6,8-9,11H2,1H3/t12-,13+/m1/s1. The van der Waals surface area contributed by atoms with Crippen LogP contribution in [0.1, 0.15) is 32.6 Å². The molecule has 1 amide bonds. The zero-order valence-electron chi connectivity index (χ0n) is 12.8. The molecule has 122 valence electrons. The Bertz CT molecular complexity index is 627. The summed E-state index contributed by atoms with van der Waals surface area (Å²) in [6.45, 7) is 4.10. The number of carbonyl (C=O) groups is 1. The fourth-order valence-electron chi connectivity index (χ4n) is 3.40. The summed E-state index contributed by atoms with van der Waals surface area (Å²) in [5.41, 5.74) is 0. The molecule has 2 aliphatic heterocycles. The Kier molecular flexibility index (Phi) is 4.56. The molecule has 0 saturated carbocycles. The summed E-state index contributed by atoms with van der Waals surface area (Å²) in [6, 6.07) is 2.83. The molecule has 1 aromatic rings. The van der Waals surface area contributed by atoms with Crippen molar-refractivity contribution in [1.82, 2.24) is 9.21 Å². The van der Waals surface area contributed by atoms with E-state index in [1.165, 1.54) is 15.6 Å². The molecule has 22 heavy (non-hydrogen) atoms. The van der Waals surface area contributed by atoms with Crippen molar-refractivity contribution in [2.75, 3.05) is 19.6 Å². The highest BCUT2D eigenvalue weighted by atomic mass is 32.2. The maximum atomic E-state index is 12.8. The van der Waals surface area contributed by atoms with E-state index in [0.29, 0.717) is 23.1 Å². The lowest BCUT2D eigenvalue weighted by Crippen LogP contribution is -2.50. The molecule has 7 heteroatoms. The van der Waals surface area contributed by atoms with Gasteiger partial charge < -0.3 is 4.90 Å². The summed E-state index contributed by atoms with van der Waals surface area (Å²) in [6.07, 6.45) is 3.54. The second-order valence-corrected chi connectivity index (χ2v) is 9.30. The number of sulfonamides is 1. The average molecular weight is 342 g/mol. The normalized spacial score (nSPS) is 27.2. The van der Waals surface area contributed by atoms with Crippen LogP contribution in [0.4, 0.5) is 0 Å². The summed E-state index contributed by atoms with van der Waals surface area (Å²) in [4.78, 5) is 14.7. The SMILES string of the molecule is C[C@@H]1CCCN(C(=O)[C@@H]2CCCN2S(=O)(=O)c2cccs2)C1. The van der Waals surface area contributed by atoms with E-state index >= 15 is 0 Å². The molecule has 2 atom stereocenters. The minimum atomic E-state index is -3.54. The molecular formula is C15H22N2O3S2. The maximum absolute atomic E-state index is 12.8. The molecule has 5 nitrogen and oxygen atoms in total. The molecule has 1 aromatic heterocycles. The maximum Gasteiger partial charge on any atom is 0.253 e. The van der Waals surface area contributed by atoms with Gasteiger partial charge >= 0.3 is 0 Å². The minimum Gasteiger partial charge on any atom is -0.341 e. The number of nitrogens with zero attached hydrogens (tertiary/aromatic N) is 2. The van der Waals surface area contributed by atoms with Crippen LogP contribution in [0.25, 0.3) is 0 Å². The van der Waals surface area contributed by atoms with Crippen molar-refractivity contribution in [2.45, 2.75) is 42.9 Å². The quantitative estimate of drug-likeness (QED) is 0.846. The number of thiophene rings is 1. The van der Waals surface area contributed by atoms with Crippen molar-refractivity contribution in [3.05, 3.63) is 17.5 Å². The molecule has 3 rings (SSSR count). The number of hydrogen-bond donors (Lipinski definition) is 0. The molecule has 0 unspecified atom stereocenters. The highest BCUT2D eigenvalue weighted by molar-refractivity contribution is 7.91. The number of amides is 1. The second kappa shape index (κ2) is 6.29. The van der Waals surface area contributed by atoms with Crippen LogP contribution in [0.5, 0.6) is 0 Å². The Morgan fingerprint density at radius 3 is 2.73 bits per heavy atom. The molecular weight excluding hydrogens is 320 g/mol. The number of rotatable bonds is 3. The minimum absolute atomic E-state index is 0.0100. The van der Waals surface area contributed by atoms with E-state index < -0.39 is 16.1 Å². The van der Waals surface area contributed by atoms with E-state index in [2.05, 4.69) is 6.92 Å². The molecule has 2 saturated heterocycles. The summed E-state index contributed by atoms with van der Waals surface area (Å²) < 4.78 is 27.2. The number of likely N-dealkylation sites (tertiary alicyclic amines) is 1. The summed E-state index contributed by atoms with van der Waals surface area (Å²) in [5, 5.41) is 1.76. The first-order valence-electron chi connectivity index (χ1n) is 7.84. The van der Waals surface area contributed by atoms with Crippen molar-refractivity contribution in [3.8, 4) is 0 Å². The Hall–Kier alpha value is -0.920. The zero-order chi connectivity index (χ0) is 15.7. The third kappa shape index (κ3) is 2.94. The van der Waals surface area contributed by atoms with Crippen molar-refractivity contribution in [2.24, 2.45) is 5.92 Å². The van der Waals surface area contributed by atoms with E-state index in [1.54, 1.807) is 17.5 Å². The Balaban J connectivity index is 1.80. The predicted molar refractivity (Wildman–Crippen MR) is 86.2 cm³/mol. The van der Waals surface area contributed by atoms with Crippen molar-refractivity contribution >= 4 is 27.3 Å². The molecule has 0 aliphatic carbocycles. The van der Waals surface area contributed by atoms with Crippen LogP contribution in [-0.4, -0.2) is 49.2 Å². The molecule has 0 aromatic carbocycles. The highest BCUT2D eigenvalue weighted by Crippen LogP contribution is 2.30. The molecule has 0 spiro atoms. The van der Waals surface area contributed by atoms with Crippen LogP contribution >= 0.6 is 11.3 Å². The van der Waals surface area contributed by atoms with Crippen molar-refractivity contribution in [3.63, 3.8) is 0 Å². The first-order chi connectivity index (χ1) is 10.5. The Morgan fingerprint density at radius 1 is 1.27 bits per heavy atom. The fraction of sp³-hybridized carbons (Fsp3) is 0.667. The van der Waals surface area contributed by atoms with Gasteiger partial charge in [-0.1, -0.05) is 13.0 Å². The predicted octanol–water partition coefficient (Wildman–Crippen LogP) is 2.16. The van der Waals surface area contributed by atoms with Gasteiger partial charge in [0.1, 0.15) is 10.3 Å². The highest BCUT2D eigenvalue weighted by Gasteiger charge is 2.41. The number of piperidine rings is 1. The van der Waals surface area contributed by atoms with Gasteiger partial charge in [-0.05, 0) is 43.0 Å². The molecule has 2 aliphatic rings. The molecule has 3 heterocycles. The van der Waals surface area contributed by atoms with Crippen LogP contribution in [0.2, 0.25) is 0 Å². The van der Waals surface area contributed by atoms with E-state index in [4.69, 9.17) is 0 Å². The monoisotopic (exact) mass is 342 g/mol. The topological polar surface area (TPSA) is 57.7 Å². The van der Waals surface area contributed by atoms with E-state index in [9.17, 15) is 13.2 Å². The van der Waals surface area contributed by atoms with E-state index in [-0.39, 0.29) is 5.91 Å². The molecule has 0 radical (unpaired) electrons. The zero-order valence-corrected chi connectivity index (χ0v) is 14.4. The summed E-state index contributed by atoms with van der Waals surface area (Å²) >= 11 is 1.21. The van der Waals surface area contributed by atoms with Crippen LogP contribution in [0.3, 0.4) is 0 Å². The van der Waals surface area contributed by atoms with Gasteiger partial charge in [0.25, 0.3) is 10.0 Å².